The van der Waals surface area contributed by atoms with Crippen molar-refractivity contribution in [3.05, 3.63) is 0 Å². The van der Waals surface area contributed by atoms with Crippen molar-refractivity contribution in [2.45, 2.75) is 45.6 Å². The van der Waals surface area contributed by atoms with Gasteiger partial charge in [-0.1, -0.05) is 6.92 Å². The number of ether oxygens (including phenoxy) is 1. The van der Waals surface area contributed by atoms with Gasteiger partial charge in [-0.2, -0.15) is 0 Å². The minimum absolute atomic E-state index is 0.150. The highest BCUT2D eigenvalue weighted by Gasteiger charge is 2.32. The molecule has 17 heavy (non-hydrogen) atoms. The molecule has 5 heteroatoms. The summed E-state index contributed by atoms with van der Waals surface area (Å²) in [6.45, 7) is 4.20. The Bertz CT molecular complexity index is 286. The van der Waals surface area contributed by atoms with E-state index in [0.717, 1.165) is 19.3 Å². The molecule has 2 atom stereocenters. The van der Waals surface area contributed by atoms with Crippen molar-refractivity contribution in [1.82, 2.24) is 5.32 Å². The summed E-state index contributed by atoms with van der Waals surface area (Å²) in [5.41, 5.74) is -0.898. The van der Waals surface area contributed by atoms with Gasteiger partial charge in [-0.15, -0.1) is 0 Å². The first-order chi connectivity index (χ1) is 7.99. The van der Waals surface area contributed by atoms with Gasteiger partial charge in [0.25, 0.3) is 0 Å². The van der Waals surface area contributed by atoms with Crippen molar-refractivity contribution >= 4 is 11.9 Å². The minimum atomic E-state index is -0.898. The standard InChI is InChI=1S/C12H21NO4/c1-3-12(2,11(15)16)8-13-10(14)9-6-4-5-7-17-9/h9H,3-8H2,1-2H3,(H,13,14)(H,15,16). The van der Waals surface area contributed by atoms with E-state index in [2.05, 4.69) is 5.32 Å². The maximum absolute atomic E-state index is 11.8. The van der Waals surface area contributed by atoms with Crippen LogP contribution in [0.2, 0.25) is 0 Å². The van der Waals surface area contributed by atoms with Crippen LogP contribution in [0.5, 0.6) is 0 Å². The fraction of sp³-hybridized carbons (Fsp3) is 0.833. The number of hydrogen-bond donors (Lipinski definition) is 2. The molecule has 0 radical (unpaired) electrons. The van der Waals surface area contributed by atoms with Crippen LogP contribution in [0, 0.1) is 5.41 Å². The third-order valence-corrected chi connectivity index (χ3v) is 3.42. The van der Waals surface area contributed by atoms with E-state index in [-0.39, 0.29) is 12.5 Å². The fourth-order valence-electron chi connectivity index (χ4n) is 1.70. The van der Waals surface area contributed by atoms with Crippen LogP contribution in [0.1, 0.15) is 39.5 Å². The van der Waals surface area contributed by atoms with Crippen LogP contribution in [0.4, 0.5) is 0 Å². The van der Waals surface area contributed by atoms with E-state index in [4.69, 9.17) is 9.84 Å². The summed E-state index contributed by atoms with van der Waals surface area (Å²) in [7, 11) is 0. The molecule has 0 bridgehead atoms. The van der Waals surface area contributed by atoms with Gasteiger partial charge in [-0.25, -0.2) is 0 Å². The number of carboxylic acids is 1. The van der Waals surface area contributed by atoms with Crippen molar-refractivity contribution in [2.75, 3.05) is 13.2 Å². The smallest absolute Gasteiger partial charge is 0.311 e. The average molecular weight is 243 g/mol. The lowest BCUT2D eigenvalue weighted by Crippen LogP contribution is -2.45. The number of rotatable bonds is 5. The van der Waals surface area contributed by atoms with Crippen molar-refractivity contribution in [3.63, 3.8) is 0 Å². The second-order valence-corrected chi connectivity index (χ2v) is 4.79. The monoisotopic (exact) mass is 243 g/mol. The summed E-state index contributed by atoms with van der Waals surface area (Å²) in [5, 5.41) is 11.8. The van der Waals surface area contributed by atoms with E-state index in [1.807, 2.05) is 0 Å². The van der Waals surface area contributed by atoms with Gasteiger partial charge in [0, 0.05) is 13.2 Å². The summed E-state index contributed by atoms with van der Waals surface area (Å²) in [6, 6.07) is 0. The van der Waals surface area contributed by atoms with Crippen LogP contribution in [0.3, 0.4) is 0 Å². The Morgan fingerprint density at radius 2 is 2.18 bits per heavy atom. The fourth-order valence-corrected chi connectivity index (χ4v) is 1.70. The van der Waals surface area contributed by atoms with Crippen molar-refractivity contribution in [3.8, 4) is 0 Å². The van der Waals surface area contributed by atoms with E-state index < -0.39 is 17.5 Å². The first-order valence-corrected chi connectivity index (χ1v) is 6.12. The van der Waals surface area contributed by atoms with Gasteiger partial charge in [-0.05, 0) is 32.6 Å². The number of nitrogens with one attached hydrogen (secondary N) is 1. The van der Waals surface area contributed by atoms with E-state index in [9.17, 15) is 9.59 Å². The van der Waals surface area contributed by atoms with Gasteiger partial charge in [0.05, 0.1) is 5.41 Å². The third kappa shape index (κ3) is 3.70. The predicted octanol–water partition coefficient (Wildman–Crippen LogP) is 1.17. The SMILES string of the molecule is CCC(C)(CNC(=O)C1CCCCO1)C(=O)O. The topological polar surface area (TPSA) is 75.6 Å². The Hall–Kier alpha value is -1.10. The number of carbonyl (C=O) groups excluding carboxylic acids is 1. The molecular weight excluding hydrogens is 222 g/mol. The molecule has 1 heterocycles. The van der Waals surface area contributed by atoms with E-state index in [1.165, 1.54) is 0 Å². The second kappa shape index (κ2) is 6.00. The second-order valence-electron chi connectivity index (χ2n) is 4.79. The molecule has 1 aliphatic rings. The van der Waals surface area contributed by atoms with Crippen molar-refractivity contribution < 1.29 is 19.4 Å². The minimum Gasteiger partial charge on any atom is -0.481 e. The van der Waals surface area contributed by atoms with Crippen LogP contribution in [-0.2, 0) is 14.3 Å². The van der Waals surface area contributed by atoms with Crippen molar-refractivity contribution in [1.29, 1.82) is 0 Å². The van der Waals surface area contributed by atoms with Gasteiger partial charge in [0.15, 0.2) is 0 Å². The molecule has 98 valence electrons. The molecule has 1 amide bonds. The third-order valence-electron chi connectivity index (χ3n) is 3.42. The number of aliphatic carboxylic acids is 1. The first-order valence-electron chi connectivity index (χ1n) is 6.12. The number of carboxylic acid groups (broad SMARTS) is 1. The highest BCUT2D eigenvalue weighted by atomic mass is 16.5. The normalized spacial score (nSPS) is 23.8. The summed E-state index contributed by atoms with van der Waals surface area (Å²) in [5.74, 6) is -1.07. The van der Waals surface area contributed by atoms with Gasteiger partial charge in [-0.3, -0.25) is 9.59 Å². The molecule has 1 saturated heterocycles. The van der Waals surface area contributed by atoms with Gasteiger partial charge < -0.3 is 15.2 Å². The molecule has 1 aliphatic heterocycles. The molecule has 0 aromatic carbocycles. The highest BCUT2D eigenvalue weighted by Crippen LogP contribution is 2.20. The maximum atomic E-state index is 11.8. The quantitative estimate of drug-likeness (QED) is 0.760. The molecule has 0 aliphatic carbocycles. The van der Waals surface area contributed by atoms with Crippen LogP contribution >= 0.6 is 0 Å². The van der Waals surface area contributed by atoms with Gasteiger partial charge >= 0.3 is 5.97 Å². The Morgan fingerprint density at radius 1 is 1.47 bits per heavy atom. The van der Waals surface area contributed by atoms with Gasteiger partial charge in [0.2, 0.25) is 5.91 Å². The molecule has 0 spiro atoms. The zero-order valence-corrected chi connectivity index (χ0v) is 10.5. The summed E-state index contributed by atoms with van der Waals surface area (Å²) >= 11 is 0. The lowest BCUT2D eigenvalue weighted by atomic mass is 9.87. The molecule has 0 aromatic rings. The average Bonchev–Trinajstić information content (AvgIpc) is 2.36. The van der Waals surface area contributed by atoms with E-state index >= 15 is 0 Å². The Morgan fingerprint density at radius 3 is 2.65 bits per heavy atom. The van der Waals surface area contributed by atoms with Crippen LogP contribution in [0.15, 0.2) is 0 Å². The molecule has 2 N–H and O–H groups in total. The molecule has 5 nitrogen and oxygen atoms in total. The predicted molar refractivity (Wildman–Crippen MR) is 62.6 cm³/mol. The zero-order chi connectivity index (χ0) is 12.9. The van der Waals surface area contributed by atoms with E-state index in [1.54, 1.807) is 13.8 Å². The Kier molecular flexibility index (Phi) is 4.93. The molecule has 1 fully saturated rings. The molecule has 0 saturated carbocycles. The Labute approximate surface area is 102 Å². The molecular formula is C12H21NO4. The van der Waals surface area contributed by atoms with Crippen LogP contribution in [-0.4, -0.2) is 36.2 Å². The summed E-state index contributed by atoms with van der Waals surface area (Å²) < 4.78 is 5.34. The summed E-state index contributed by atoms with van der Waals surface area (Å²) in [6.07, 6.45) is 2.78. The lowest BCUT2D eigenvalue weighted by molar-refractivity contribution is -0.148. The highest BCUT2D eigenvalue weighted by molar-refractivity contribution is 5.82. The van der Waals surface area contributed by atoms with Crippen molar-refractivity contribution in [2.24, 2.45) is 5.41 Å². The van der Waals surface area contributed by atoms with E-state index in [0.29, 0.717) is 13.0 Å². The maximum Gasteiger partial charge on any atom is 0.311 e. The Balaban J connectivity index is 2.43. The molecule has 1 rings (SSSR count). The number of amides is 1. The van der Waals surface area contributed by atoms with Crippen LogP contribution < -0.4 is 5.32 Å². The number of carbonyl (C=O) groups is 2. The first kappa shape index (κ1) is 14.0. The zero-order valence-electron chi connectivity index (χ0n) is 10.5. The van der Waals surface area contributed by atoms with Crippen LogP contribution in [0.25, 0.3) is 0 Å². The summed E-state index contributed by atoms with van der Waals surface area (Å²) in [4.78, 5) is 22.8. The molecule has 2 unspecified atom stereocenters. The number of hydrogen-bond acceptors (Lipinski definition) is 3. The van der Waals surface area contributed by atoms with Gasteiger partial charge in [0.1, 0.15) is 6.10 Å². The lowest BCUT2D eigenvalue weighted by Gasteiger charge is -2.26. The molecule has 0 aromatic heterocycles. The largest absolute Gasteiger partial charge is 0.481 e.